The van der Waals surface area contributed by atoms with Crippen LogP contribution in [0, 0.1) is 6.92 Å². The molecule has 0 fully saturated rings. The number of rotatable bonds is 2. The quantitative estimate of drug-likeness (QED) is 0.677. The number of hydrogen-bond donors (Lipinski definition) is 0. The summed E-state index contributed by atoms with van der Waals surface area (Å²) in [4.78, 5) is 12.5. The SMILES string of the molecule is Cc1ccc(Cl)cc1C(=O)/C1=C/CCCCCC1. The lowest BCUT2D eigenvalue weighted by atomic mass is 9.92. The van der Waals surface area contributed by atoms with Crippen LogP contribution in [0.15, 0.2) is 29.8 Å². The standard InChI is InChI=1S/C16H19ClO/c1-12-9-10-14(17)11-15(12)16(18)13-7-5-3-2-4-6-8-13/h7,9-11H,2-6,8H2,1H3/b13-7+. The van der Waals surface area contributed by atoms with Crippen molar-refractivity contribution in [3.63, 3.8) is 0 Å². The molecule has 0 aliphatic heterocycles. The Morgan fingerprint density at radius 2 is 1.94 bits per heavy atom. The van der Waals surface area contributed by atoms with E-state index >= 15 is 0 Å². The van der Waals surface area contributed by atoms with E-state index in [4.69, 9.17) is 11.6 Å². The highest BCUT2D eigenvalue weighted by Gasteiger charge is 2.15. The lowest BCUT2D eigenvalue weighted by molar-refractivity contribution is 0.102. The van der Waals surface area contributed by atoms with Gasteiger partial charge in [0.15, 0.2) is 5.78 Å². The molecular weight excluding hydrogens is 244 g/mol. The Labute approximate surface area is 114 Å². The summed E-state index contributed by atoms with van der Waals surface area (Å²) in [6.45, 7) is 1.97. The van der Waals surface area contributed by atoms with Gasteiger partial charge in [-0.15, -0.1) is 0 Å². The zero-order valence-corrected chi connectivity index (χ0v) is 11.6. The van der Waals surface area contributed by atoms with Crippen molar-refractivity contribution in [2.24, 2.45) is 0 Å². The number of allylic oxidation sites excluding steroid dienone is 2. The Hall–Kier alpha value is -1.08. The molecule has 1 aliphatic carbocycles. The molecule has 0 spiro atoms. The maximum atomic E-state index is 12.5. The maximum absolute atomic E-state index is 12.5. The topological polar surface area (TPSA) is 17.1 Å². The largest absolute Gasteiger partial charge is 0.289 e. The molecular formula is C16H19ClO. The molecule has 1 aliphatic rings. The number of ketones is 1. The predicted octanol–water partition coefficient (Wildman–Crippen LogP) is 5.11. The van der Waals surface area contributed by atoms with Crippen molar-refractivity contribution in [1.82, 2.24) is 0 Å². The van der Waals surface area contributed by atoms with Crippen LogP contribution in [0.25, 0.3) is 0 Å². The molecule has 96 valence electrons. The zero-order chi connectivity index (χ0) is 13.0. The van der Waals surface area contributed by atoms with Crippen LogP contribution in [-0.4, -0.2) is 5.78 Å². The van der Waals surface area contributed by atoms with Crippen molar-refractivity contribution >= 4 is 17.4 Å². The van der Waals surface area contributed by atoms with E-state index in [1.165, 1.54) is 19.3 Å². The molecule has 1 aromatic carbocycles. The summed E-state index contributed by atoms with van der Waals surface area (Å²) < 4.78 is 0. The van der Waals surface area contributed by atoms with Crippen molar-refractivity contribution < 1.29 is 4.79 Å². The molecule has 0 saturated carbocycles. The van der Waals surface area contributed by atoms with Gasteiger partial charge in [0.05, 0.1) is 0 Å². The zero-order valence-electron chi connectivity index (χ0n) is 10.8. The van der Waals surface area contributed by atoms with Crippen molar-refractivity contribution in [2.75, 3.05) is 0 Å². The van der Waals surface area contributed by atoms with Gasteiger partial charge in [-0.2, -0.15) is 0 Å². The molecule has 0 unspecified atom stereocenters. The van der Waals surface area contributed by atoms with Gasteiger partial charge in [-0.3, -0.25) is 4.79 Å². The second kappa shape index (κ2) is 6.19. The summed E-state index contributed by atoms with van der Waals surface area (Å²) in [6.07, 6.45) is 8.91. The number of halogens is 1. The van der Waals surface area contributed by atoms with E-state index in [1.54, 1.807) is 6.07 Å². The molecule has 0 atom stereocenters. The summed E-state index contributed by atoms with van der Waals surface area (Å²) in [6, 6.07) is 5.54. The van der Waals surface area contributed by atoms with Crippen LogP contribution >= 0.6 is 11.6 Å². The molecule has 0 radical (unpaired) electrons. The minimum absolute atomic E-state index is 0.164. The Morgan fingerprint density at radius 3 is 2.78 bits per heavy atom. The highest BCUT2D eigenvalue weighted by Crippen LogP contribution is 2.23. The van der Waals surface area contributed by atoms with Crippen LogP contribution in [-0.2, 0) is 0 Å². The predicted molar refractivity (Wildman–Crippen MR) is 76.3 cm³/mol. The van der Waals surface area contributed by atoms with E-state index in [1.807, 2.05) is 19.1 Å². The van der Waals surface area contributed by atoms with Crippen molar-refractivity contribution in [3.8, 4) is 0 Å². The van der Waals surface area contributed by atoms with Crippen molar-refractivity contribution in [2.45, 2.75) is 45.4 Å². The molecule has 0 saturated heterocycles. The number of carbonyl (C=O) groups is 1. The molecule has 0 amide bonds. The van der Waals surface area contributed by atoms with Gasteiger partial charge in [0.25, 0.3) is 0 Å². The Morgan fingerprint density at radius 1 is 1.17 bits per heavy atom. The van der Waals surface area contributed by atoms with E-state index in [9.17, 15) is 4.79 Å². The van der Waals surface area contributed by atoms with Gasteiger partial charge in [0, 0.05) is 10.6 Å². The Bertz CT molecular complexity index is 474. The van der Waals surface area contributed by atoms with E-state index < -0.39 is 0 Å². The number of aryl methyl sites for hydroxylation is 1. The minimum Gasteiger partial charge on any atom is -0.289 e. The van der Waals surface area contributed by atoms with Crippen LogP contribution in [0.2, 0.25) is 5.02 Å². The van der Waals surface area contributed by atoms with Crippen LogP contribution in [0.1, 0.15) is 54.4 Å². The van der Waals surface area contributed by atoms with Crippen LogP contribution < -0.4 is 0 Å². The molecule has 1 aromatic rings. The fourth-order valence-electron chi connectivity index (χ4n) is 2.41. The summed E-state index contributed by atoms with van der Waals surface area (Å²) in [5.74, 6) is 0.164. The highest BCUT2D eigenvalue weighted by atomic mass is 35.5. The lowest BCUT2D eigenvalue weighted by Crippen LogP contribution is -2.07. The number of hydrogen-bond acceptors (Lipinski definition) is 1. The van der Waals surface area contributed by atoms with Crippen LogP contribution in [0.4, 0.5) is 0 Å². The number of Topliss-reactive ketones (excluding diaryl/α,β-unsaturated/α-hetero) is 1. The van der Waals surface area contributed by atoms with Gasteiger partial charge < -0.3 is 0 Å². The van der Waals surface area contributed by atoms with E-state index in [0.717, 1.165) is 36.0 Å². The maximum Gasteiger partial charge on any atom is 0.189 e. The van der Waals surface area contributed by atoms with Gasteiger partial charge in [0.1, 0.15) is 0 Å². The van der Waals surface area contributed by atoms with E-state index in [0.29, 0.717) is 5.02 Å². The average molecular weight is 263 g/mol. The average Bonchev–Trinajstić information content (AvgIpc) is 2.31. The second-order valence-corrected chi connectivity index (χ2v) is 5.41. The monoisotopic (exact) mass is 262 g/mol. The van der Waals surface area contributed by atoms with E-state index in [2.05, 4.69) is 6.08 Å². The third-order valence-corrected chi connectivity index (χ3v) is 3.76. The minimum atomic E-state index is 0.164. The molecule has 0 N–H and O–H groups in total. The first-order valence-corrected chi connectivity index (χ1v) is 7.06. The molecule has 2 rings (SSSR count). The highest BCUT2D eigenvalue weighted by molar-refractivity contribution is 6.31. The first-order valence-electron chi connectivity index (χ1n) is 6.68. The van der Waals surface area contributed by atoms with Crippen molar-refractivity contribution in [3.05, 3.63) is 46.0 Å². The summed E-state index contributed by atoms with van der Waals surface area (Å²) >= 11 is 5.99. The summed E-state index contributed by atoms with van der Waals surface area (Å²) in [5, 5.41) is 0.635. The first kappa shape index (κ1) is 13.4. The van der Waals surface area contributed by atoms with Gasteiger partial charge in [-0.1, -0.05) is 36.6 Å². The normalized spacial score (nSPS) is 19.6. The van der Waals surface area contributed by atoms with Gasteiger partial charge in [-0.05, 0) is 55.9 Å². The molecule has 1 nitrogen and oxygen atoms in total. The third-order valence-electron chi connectivity index (χ3n) is 3.53. The first-order chi connectivity index (χ1) is 8.68. The van der Waals surface area contributed by atoms with Gasteiger partial charge >= 0.3 is 0 Å². The second-order valence-electron chi connectivity index (χ2n) is 4.97. The van der Waals surface area contributed by atoms with Crippen LogP contribution in [0.5, 0.6) is 0 Å². The molecule has 18 heavy (non-hydrogen) atoms. The number of carbonyl (C=O) groups excluding carboxylic acids is 1. The lowest BCUT2D eigenvalue weighted by Gasteiger charge is -2.12. The Kier molecular flexibility index (Phi) is 4.60. The fourth-order valence-corrected chi connectivity index (χ4v) is 2.58. The van der Waals surface area contributed by atoms with Gasteiger partial charge in [0.2, 0.25) is 0 Å². The summed E-state index contributed by atoms with van der Waals surface area (Å²) in [7, 11) is 0. The molecule has 0 aromatic heterocycles. The van der Waals surface area contributed by atoms with Gasteiger partial charge in [-0.25, -0.2) is 0 Å². The molecule has 0 heterocycles. The Balaban J connectivity index is 2.26. The number of benzene rings is 1. The molecule has 2 heteroatoms. The molecule has 0 bridgehead atoms. The fraction of sp³-hybridized carbons (Fsp3) is 0.438. The van der Waals surface area contributed by atoms with E-state index in [-0.39, 0.29) is 5.78 Å². The third kappa shape index (κ3) is 3.23. The summed E-state index contributed by atoms with van der Waals surface area (Å²) in [5.41, 5.74) is 2.74. The van der Waals surface area contributed by atoms with Crippen LogP contribution in [0.3, 0.4) is 0 Å². The van der Waals surface area contributed by atoms with Crippen molar-refractivity contribution in [1.29, 1.82) is 0 Å². The smallest absolute Gasteiger partial charge is 0.189 e.